The predicted molar refractivity (Wildman–Crippen MR) is 132 cm³/mol. The molecule has 4 rings (SSSR count). The van der Waals surface area contributed by atoms with Gasteiger partial charge in [-0.2, -0.15) is 0 Å². The van der Waals surface area contributed by atoms with Crippen LogP contribution in [0.5, 0.6) is 0 Å². The lowest BCUT2D eigenvalue weighted by Gasteiger charge is -2.13. The molecule has 0 saturated heterocycles. The first-order chi connectivity index (χ1) is 16.2. The van der Waals surface area contributed by atoms with Gasteiger partial charge in [0, 0.05) is 18.7 Å². The number of halogens is 1. The van der Waals surface area contributed by atoms with Gasteiger partial charge in [-0.3, -0.25) is 14.1 Å². The van der Waals surface area contributed by atoms with Crippen molar-refractivity contribution in [3.8, 4) is 0 Å². The van der Waals surface area contributed by atoms with E-state index in [1.165, 1.54) is 10.6 Å². The standard InChI is InChI=1S/C24H22ClN3O5S/c1-16-12-13-17(15-22(16)34(31,32)27-19-8-3-2-7-18(19)25)26-23(29)11-6-14-28-20-9-4-5-10-21(20)33-24(28)30/h2-5,7-10,12-13,15,27H,6,11,14H2,1H3,(H,26,29). The monoisotopic (exact) mass is 499 g/mol. The molecule has 4 aromatic rings. The highest BCUT2D eigenvalue weighted by molar-refractivity contribution is 7.92. The van der Waals surface area contributed by atoms with Crippen molar-refractivity contribution < 1.29 is 17.6 Å². The van der Waals surface area contributed by atoms with Crippen LogP contribution in [-0.2, 0) is 21.4 Å². The van der Waals surface area contributed by atoms with Gasteiger partial charge in [0.2, 0.25) is 5.91 Å². The van der Waals surface area contributed by atoms with Crippen LogP contribution in [0, 0.1) is 6.92 Å². The Labute approximate surface area is 201 Å². The van der Waals surface area contributed by atoms with E-state index in [1.807, 2.05) is 6.07 Å². The van der Waals surface area contributed by atoms with Gasteiger partial charge in [0.1, 0.15) is 0 Å². The quantitative estimate of drug-likeness (QED) is 0.362. The molecule has 0 spiro atoms. The third kappa shape index (κ3) is 5.16. The van der Waals surface area contributed by atoms with Crippen molar-refractivity contribution in [2.24, 2.45) is 0 Å². The molecule has 0 atom stereocenters. The lowest BCUT2D eigenvalue weighted by atomic mass is 10.2. The van der Waals surface area contributed by atoms with Gasteiger partial charge < -0.3 is 9.73 Å². The van der Waals surface area contributed by atoms with Crippen molar-refractivity contribution in [2.75, 3.05) is 10.0 Å². The highest BCUT2D eigenvalue weighted by Crippen LogP contribution is 2.27. The van der Waals surface area contributed by atoms with Gasteiger partial charge >= 0.3 is 5.76 Å². The normalized spacial score (nSPS) is 11.5. The van der Waals surface area contributed by atoms with Crippen molar-refractivity contribution in [3.05, 3.63) is 87.9 Å². The topological polar surface area (TPSA) is 110 Å². The number of carbonyl (C=O) groups is 1. The molecule has 2 N–H and O–H groups in total. The van der Waals surface area contributed by atoms with Crippen LogP contribution in [0.1, 0.15) is 18.4 Å². The number of nitrogens with one attached hydrogen (secondary N) is 2. The van der Waals surface area contributed by atoms with E-state index in [0.29, 0.717) is 35.3 Å². The summed E-state index contributed by atoms with van der Waals surface area (Å²) in [7, 11) is -3.93. The molecule has 0 unspecified atom stereocenters. The van der Waals surface area contributed by atoms with E-state index in [2.05, 4.69) is 10.0 Å². The Morgan fingerprint density at radius 1 is 1.06 bits per heavy atom. The van der Waals surface area contributed by atoms with E-state index in [-0.39, 0.29) is 27.9 Å². The number of anilines is 2. The minimum atomic E-state index is -3.93. The zero-order valence-electron chi connectivity index (χ0n) is 18.2. The predicted octanol–water partition coefficient (Wildman–Crippen LogP) is 4.78. The summed E-state index contributed by atoms with van der Waals surface area (Å²) in [6.45, 7) is 1.98. The van der Waals surface area contributed by atoms with E-state index in [0.717, 1.165) is 0 Å². The molecule has 0 aliphatic rings. The van der Waals surface area contributed by atoms with E-state index in [4.69, 9.17) is 16.0 Å². The number of nitrogens with zero attached hydrogens (tertiary/aromatic N) is 1. The number of hydrogen-bond acceptors (Lipinski definition) is 5. The first-order valence-corrected chi connectivity index (χ1v) is 12.4. The lowest BCUT2D eigenvalue weighted by molar-refractivity contribution is -0.116. The second kappa shape index (κ2) is 9.74. The van der Waals surface area contributed by atoms with Crippen molar-refractivity contribution in [2.45, 2.75) is 31.2 Å². The first kappa shape index (κ1) is 23.6. The van der Waals surface area contributed by atoms with E-state index < -0.39 is 15.8 Å². The third-order valence-corrected chi connectivity index (χ3v) is 7.08. The van der Waals surface area contributed by atoms with Gasteiger partial charge in [-0.15, -0.1) is 0 Å². The molecule has 0 saturated carbocycles. The Morgan fingerprint density at radius 3 is 2.59 bits per heavy atom. The molecule has 34 heavy (non-hydrogen) atoms. The molecule has 0 fully saturated rings. The summed E-state index contributed by atoms with van der Waals surface area (Å²) >= 11 is 6.07. The van der Waals surface area contributed by atoms with Crippen LogP contribution in [0.4, 0.5) is 11.4 Å². The minimum absolute atomic E-state index is 0.0293. The number of carbonyl (C=O) groups excluding carboxylic acids is 1. The smallest absolute Gasteiger partial charge is 0.408 e. The minimum Gasteiger partial charge on any atom is -0.408 e. The average molecular weight is 500 g/mol. The highest BCUT2D eigenvalue weighted by atomic mass is 35.5. The zero-order valence-corrected chi connectivity index (χ0v) is 19.8. The number of fused-ring (bicyclic) bond motifs is 1. The largest absolute Gasteiger partial charge is 0.419 e. The molecule has 3 aromatic carbocycles. The Balaban J connectivity index is 1.42. The molecule has 1 amide bonds. The summed E-state index contributed by atoms with van der Waals surface area (Å²) in [4.78, 5) is 24.5. The van der Waals surface area contributed by atoms with Gasteiger partial charge in [-0.25, -0.2) is 13.2 Å². The Kier molecular flexibility index (Phi) is 6.76. The van der Waals surface area contributed by atoms with Crippen LogP contribution < -0.4 is 15.8 Å². The molecule has 0 aliphatic carbocycles. The molecule has 0 aliphatic heterocycles. The summed E-state index contributed by atoms with van der Waals surface area (Å²) in [5, 5.41) is 3.00. The number of aryl methyl sites for hydroxylation is 2. The maximum absolute atomic E-state index is 12.9. The van der Waals surface area contributed by atoms with Crippen LogP contribution in [-0.4, -0.2) is 18.9 Å². The summed E-state index contributed by atoms with van der Waals surface area (Å²) in [5.41, 5.74) is 2.30. The van der Waals surface area contributed by atoms with Gasteiger partial charge in [-0.1, -0.05) is 41.9 Å². The van der Waals surface area contributed by atoms with E-state index in [9.17, 15) is 18.0 Å². The second-order valence-corrected chi connectivity index (χ2v) is 9.76. The number of aromatic nitrogens is 1. The molecule has 1 aromatic heterocycles. The summed E-state index contributed by atoms with van der Waals surface area (Å²) < 4.78 is 35.0. The van der Waals surface area contributed by atoms with E-state index in [1.54, 1.807) is 61.5 Å². The van der Waals surface area contributed by atoms with Crippen molar-refractivity contribution in [1.29, 1.82) is 0 Å². The number of benzene rings is 3. The molecule has 8 nitrogen and oxygen atoms in total. The molecule has 176 valence electrons. The van der Waals surface area contributed by atoms with Crippen LogP contribution in [0.25, 0.3) is 11.1 Å². The van der Waals surface area contributed by atoms with E-state index >= 15 is 0 Å². The SMILES string of the molecule is Cc1ccc(NC(=O)CCCn2c(=O)oc3ccccc32)cc1S(=O)(=O)Nc1ccccc1Cl. The van der Waals surface area contributed by atoms with Gasteiger partial charge in [-0.05, 0) is 55.3 Å². The Morgan fingerprint density at radius 2 is 1.79 bits per heavy atom. The number of rotatable bonds is 8. The molecular formula is C24H22ClN3O5S. The summed E-state index contributed by atoms with van der Waals surface area (Å²) in [6.07, 6.45) is 0.542. The number of hydrogen-bond donors (Lipinski definition) is 2. The van der Waals surface area contributed by atoms with Gasteiger partial charge in [0.05, 0.1) is 21.1 Å². The Hall–Kier alpha value is -3.56. The molecular weight excluding hydrogens is 478 g/mol. The van der Waals surface area contributed by atoms with Crippen LogP contribution in [0.15, 0.2) is 80.8 Å². The van der Waals surface area contributed by atoms with Crippen LogP contribution in [0.3, 0.4) is 0 Å². The van der Waals surface area contributed by atoms with Gasteiger partial charge in [0.25, 0.3) is 10.0 Å². The number of sulfonamides is 1. The first-order valence-electron chi connectivity index (χ1n) is 10.5. The highest BCUT2D eigenvalue weighted by Gasteiger charge is 2.19. The Bertz CT molecular complexity index is 1530. The van der Waals surface area contributed by atoms with Crippen LogP contribution >= 0.6 is 11.6 Å². The lowest BCUT2D eigenvalue weighted by Crippen LogP contribution is -2.18. The summed E-state index contributed by atoms with van der Waals surface area (Å²) in [6, 6.07) is 18.3. The number of para-hydroxylation sites is 3. The number of oxazole rings is 1. The van der Waals surface area contributed by atoms with Gasteiger partial charge in [0.15, 0.2) is 5.58 Å². The zero-order chi connectivity index (χ0) is 24.3. The molecule has 10 heteroatoms. The maximum Gasteiger partial charge on any atom is 0.419 e. The molecule has 1 heterocycles. The van der Waals surface area contributed by atoms with Crippen LogP contribution in [0.2, 0.25) is 5.02 Å². The molecule has 0 bridgehead atoms. The summed E-state index contributed by atoms with van der Waals surface area (Å²) in [5.74, 6) is -0.770. The maximum atomic E-state index is 12.9. The fourth-order valence-corrected chi connectivity index (χ4v) is 5.15. The fourth-order valence-electron chi connectivity index (χ4n) is 3.56. The second-order valence-electron chi connectivity index (χ2n) is 7.70. The fraction of sp³-hybridized carbons (Fsp3) is 0.167. The van der Waals surface area contributed by atoms with Crippen molar-refractivity contribution in [1.82, 2.24) is 4.57 Å². The van der Waals surface area contributed by atoms with Crippen molar-refractivity contribution in [3.63, 3.8) is 0 Å². The van der Waals surface area contributed by atoms with Crippen molar-refractivity contribution >= 4 is 50.0 Å². The molecule has 0 radical (unpaired) electrons. The average Bonchev–Trinajstić information content (AvgIpc) is 3.11. The third-order valence-electron chi connectivity index (χ3n) is 5.24. The number of amides is 1.